The van der Waals surface area contributed by atoms with E-state index in [0.717, 1.165) is 0 Å². The smallest absolute Gasteiger partial charge is 0.303 e. The van der Waals surface area contributed by atoms with Crippen molar-refractivity contribution in [1.82, 2.24) is 5.32 Å². The van der Waals surface area contributed by atoms with Gasteiger partial charge in [0, 0.05) is 13.0 Å². The lowest BCUT2D eigenvalue weighted by atomic mass is 10.2. The van der Waals surface area contributed by atoms with E-state index >= 15 is 0 Å². The number of carboxylic acid groups (broad SMARTS) is 1. The number of aliphatic carboxylic acids is 1. The highest BCUT2D eigenvalue weighted by molar-refractivity contribution is 5.87. The zero-order chi connectivity index (χ0) is 12.6. The van der Waals surface area contributed by atoms with Crippen molar-refractivity contribution in [3.63, 3.8) is 0 Å². The Kier molecular flexibility index (Phi) is 6.86. The first kappa shape index (κ1) is 14.4. The third-order valence-corrected chi connectivity index (χ3v) is 1.87. The van der Waals surface area contributed by atoms with Gasteiger partial charge in [-0.15, -0.1) is 0 Å². The molecule has 0 radical (unpaired) electrons. The van der Waals surface area contributed by atoms with E-state index in [1.54, 1.807) is 0 Å². The first-order valence-corrected chi connectivity index (χ1v) is 4.97. The predicted molar refractivity (Wildman–Crippen MR) is 56.3 cm³/mol. The van der Waals surface area contributed by atoms with Crippen molar-refractivity contribution in [2.75, 3.05) is 6.54 Å². The Morgan fingerprint density at radius 3 is 2.38 bits per heavy atom. The Morgan fingerprint density at radius 1 is 1.25 bits per heavy atom. The van der Waals surface area contributed by atoms with Crippen molar-refractivity contribution in [3.8, 4) is 0 Å². The second-order valence-electron chi connectivity index (χ2n) is 3.42. The molecule has 0 aliphatic heterocycles. The van der Waals surface area contributed by atoms with Gasteiger partial charge in [0.15, 0.2) is 0 Å². The van der Waals surface area contributed by atoms with E-state index in [1.807, 2.05) is 0 Å². The molecule has 92 valence electrons. The van der Waals surface area contributed by atoms with Crippen LogP contribution in [0.3, 0.4) is 0 Å². The maximum Gasteiger partial charge on any atom is 0.303 e. The number of nitrogens with one attached hydrogen (secondary N) is 1. The molecule has 0 aromatic carbocycles. The molecular weight excluding hydrogens is 214 g/mol. The van der Waals surface area contributed by atoms with Crippen LogP contribution in [0.1, 0.15) is 25.7 Å². The van der Waals surface area contributed by atoms with Gasteiger partial charge in [-0.25, -0.2) is 0 Å². The van der Waals surface area contributed by atoms with Crippen LogP contribution in [0, 0.1) is 0 Å². The van der Waals surface area contributed by atoms with Gasteiger partial charge in [-0.3, -0.25) is 14.4 Å². The topological polar surface area (TPSA) is 136 Å². The largest absolute Gasteiger partial charge is 0.481 e. The predicted octanol–water partition coefficient (Wildman–Crippen LogP) is -1.44. The van der Waals surface area contributed by atoms with E-state index in [9.17, 15) is 14.4 Å². The lowest BCUT2D eigenvalue weighted by molar-refractivity contribution is -0.137. The molecule has 7 heteroatoms. The summed E-state index contributed by atoms with van der Waals surface area (Å²) in [5, 5.41) is 10.8. The number of carbonyl (C=O) groups excluding carboxylic acids is 2. The molecule has 0 aliphatic rings. The Labute approximate surface area is 93.2 Å². The normalized spacial score (nSPS) is 11.8. The second kappa shape index (κ2) is 7.63. The molecule has 0 heterocycles. The van der Waals surface area contributed by atoms with E-state index in [-0.39, 0.29) is 12.8 Å². The van der Waals surface area contributed by atoms with Gasteiger partial charge in [-0.05, 0) is 12.8 Å². The highest BCUT2D eigenvalue weighted by atomic mass is 16.4. The molecule has 1 atom stereocenters. The monoisotopic (exact) mass is 231 g/mol. The van der Waals surface area contributed by atoms with E-state index < -0.39 is 23.8 Å². The Bertz CT molecular complexity index is 267. The van der Waals surface area contributed by atoms with Crippen LogP contribution in [0.4, 0.5) is 0 Å². The average Bonchev–Trinajstić information content (AvgIpc) is 2.15. The van der Waals surface area contributed by atoms with Crippen molar-refractivity contribution in [1.29, 1.82) is 0 Å². The fourth-order valence-electron chi connectivity index (χ4n) is 1.05. The molecule has 1 unspecified atom stereocenters. The first-order valence-electron chi connectivity index (χ1n) is 4.97. The molecule has 0 aromatic heterocycles. The zero-order valence-electron chi connectivity index (χ0n) is 8.94. The number of carbonyl (C=O) groups is 3. The summed E-state index contributed by atoms with van der Waals surface area (Å²) in [7, 11) is 0. The number of unbranched alkanes of at least 4 members (excludes halogenated alkanes) is 1. The molecule has 16 heavy (non-hydrogen) atoms. The van der Waals surface area contributed by atoms with Crippen LogP contribution < -0.4 is 16.8 Å². The van der Waals surface area contributed by atoms with E-state index in [0.29, 0.717) is 19.4 Å². The van der Waals surface area contributed by atoms with Gasteiger partial charge in [0.1, 0.15) is 0 Å². The van der Waals surface area contributed by atoms with Crippen LogP contribution in [-0.2, 0) is 14.4 Å². The van der Waals surface area contributed by atoms with Gasteiger partial charge in [0.05, 0.1) is 12.5 Å². The van der Waals surface area contributed by atoms with Gasteiger partial charge in [0.25, 0.3) is 0 Å². The molecule has 0 spiro atoms. The summed E-state index contributed by atoms with van der Waals surface area (Å²) in [5.41, 5.74) is 10.3. The molecule has 6 N–H and O–H groups in total. The molecule has 0 saturated heterocycles. The first-order chi connectivity index (χ1) is 7.43. The van der Waals surface area contributed by atoms with Crippen LogP contribution in [0.15, 0.2) is 0 Å². The van der Waals surface area contributed by atoms with Crippen molar-refractivity contribution in [2.45, 2.75) is 31.7 Å². The van der Waals surface area contributed by atoms with Crippen molar-refractivity contribution in [3.05, 3.63) is 0 Å². The Morgan fingerprint density at radius 2 is 1.88 bits per heavy atom. The summed E-state index contributed by atoms with van der Waals surface area (Å²) in [5.74, 6) is -1.94. The maximum absolute atomic E-state index is 11.2. The minimum atomic E-state index is -0.933. The van der Waals surface area contributed by atoms with E-state index in [4.69, 9.17) is 16.6 Å². The number of hydrogen-bond acceptors (Lipinski definition) is 4. The lowest BCUT2D eigenvalue weighted by Crippen LogP contribution is -2.43. The molecule has 7 nitrogen and oxygen atoms in total. The van der Waals surface area contributed by atoms with Crippen LogP contribution in [0.5, 0.6) is 0 Å². The van der Waals surface area contributed by atoms with Crippen LogP contribution in [-0.4, -0.2) is 35.5 Å². The molecule has 0 rings (SSSR count). The Balaban J connectivity index is 3.57. The quantitative estimate of drug-likeness (QED) is 0.379. The second-order valence-corrected chi connectivity index (χ2v) is 3.42. The molecule has 2 amide bonds. The number of primary amides is 1. The number of carboxylic acids is 1. The van der Waals surface area contributed by atoms with E-state index in [1.165, 1.54) is 0 Å². The molecule has 0 aromatic rings. The van der Waals surface area contributed by atoms with Gasteiger partial charge < -0.3 is 21.9 Å². The summed E-state index contributed by atoms with van der Waals surface area (Å²) >= 11 is 0. The summed E-state index contributed by atoms with van der Waals surface area (Å²) in [4.78, 5) is 31.8. The van der Waals surface area contributed by atoms with Crippen molar-refractivity contribution >= 4 is 17.8 Å². The Hall–Kier alpha value is -1.63. The third kappa shape index (κ3) is 7.74. The van der Waals surface area contributed by atoms with Gasteiger partial charge in [0.2, 0.25) is 11.8 Å². The lowest BCUT2D eigenvalue weighted by Gasteiger charge is -2.09. The van der Waals surface area contributed by atoms with Crippen LogP contribution in [0.2, 0.25) is 0 Å². The number of nitrogens with two attached hydrogens (primary N) is 2. The fourth-order valence-corrected chi connectivity index (χ4v) is 1.05. The summed E-state index contributed by atoms with van der Waals surface area (Å²) in [6, 6.07) is -0.933. The van der Waals surface area contributed by atoms with Gasteiger partial charge >= 0.3 is 5.97 Å². The van der Waals surface area contributed by atoms with Crippen molar-refractivity contribution in [2.24, 2.45) is 11.5 Å². The SMILES string of the molecule is NC(=O)CC(N)C(=O)NCCCCC(=O)O. The zero-order valence-corrected chi connectivity index (χ0v) is 8.94. The van der Waals surface area contributed by atoms with Crippen LogP contribution in [0.25, 0.3) is 0 Å². The highest BCUT2D eigenvalue weighted by Gasteiger charge is 2.14. The molecule has 0 bridgehead atoms. The van der Waals surface area contributed by atoms with Crippen molar-refractivity contribution < 1.29 is 19.5 Å². The average molecular weight is 231 g/mol. The van der Waals surface area contributed by atoms with Crippen LogP contribution >= 0.6 is 0 Å². The van der Waals surface area contributed by atoms with Gasteiger partial charge in [-0.2, -0.15) is 0 Å². The highest BCUT2D eigenvalue weighted by Crippen LogP contribution is 1.94. The maximum atomic E-state index is 11.2. The number of amides is 2. The summed E-state index contributed by atoms with van der Waals surface area (Å²) in [6.07, 6.45) is 0.923. The molecule has 0 fully saturated rings. The molecule has 0 saturated carbocycles. The summed E-state index contributed by atoms with van der Waals surface area (Å²) in [6.45, 7) is 0.346. The minimum Gasteiger partial charge on any atom is -0.481 e. The fraction of sp³-hybridized carbons (Fsp3) is 0.667. The molecular formula is C9H17N3O4. The summed E-state index contributed by atoms with van der Waals surface area (Å²) < 4.78 is 0. The standard InChI is InChI=1S/C9H17N3O4/c10-6(5-7(11)13)9(16)12-4-2-1-3-8(14)15/h6H,1-5,10H2,(H2,11,13)(H,12,16)(H,14,15). The van der Waals surface area contributed by atoms with Gasteiger partial charge in [-0.1, -0.05) is 0 Å². The third-order valence-electron chi connectivity index (χ3n) is 1.87. The van der Waals surface area contributed by atoms with E-state index in [2.05, 4.69) is 5.32 Å². The minimum absolute atomic E-state index is 0.0726. The molecule has 0 aliphatic carbocycles. The number of rotatable bonds is 8. The number of hydrogen-bond donors (Lipinski definition) is 4.